The van der Waals surface area contributed by atoms with Crippen LogP contribution in [0.4, 0.5) is 0 Å². The van der Waals surface area contributed by atoms with E-state index in [0.717, 1.165) is 28.8 Å². The molecule has 23 heavy (non-hydrogen) atoms. The highest BCUT2D eigenvalue weighted by atomic mass is 16.1. The van der Waals surface area contributed by atoms with Crippen molar-refractivity contribution in [2.24, 2.45) is 5.73 Å². The van der Waals surface area contributed by atoms with Crippen molar-refractivity contribution in [2.45, 2.75) is 44.9 Å². The number of primary amides is 1. The van der Waals surface area contributed by atoms with Crippen molar-refractivity contribution in [1.29, 1.82) is 0 Å². The summed E-state index contributed by atoms with van der Waals surface area (Å²) in [5.74, 6) is -0.338. The van der Waals surface area contributed by atoms with Crippen LogP contribution in [0, 0.1) is 6.92 Å². The summed E-state index contributed by atoms with van der Waals surface area (Å²) >= 11 is 0. The molecule has 0 fully saturated rings. The average molecular weight is 310 g/mol. The molecule has 1 aliphatic carbocycles. The maximum absolute atomic E-state index is 12.2. The van der Waals surface area contributed by atoms with Crippen LogP contribution in [0.3, 0.4) is 0 Å². The topological polar surface area (TPSA) is 65.1 Å². The third kappa shape index (κ3) is 1.97. The lowest BCUT2D eigenvalue weighted by Gasteiger charge is -2.26. The normalized spacial score (nSPS) is 21.9. The lowest BCUT2D eigenvalue weighted by atomic mass is 9.79. The number of carbonyl (C=O) groups excluding carboxylic acids is 2. The molecule has 4 heteroatoms. The molecular formula is C19H22N2O2. The predicted molar refractivity (Wildman–Crippen MR) is 90.1 cm³/mol. The van der Waals surface area contributed by atoms with Crippen LogP contribution < -0.4 is 5.73 Å². The molecule has 0 radical (unpaired) electrons. The van der Waals surface area contributed by atoms with E-state index in [2.05, 4.69) is 13.8 Å². The van der Waals surface area contributed by atoms with Gasteiger partial charge in [0.2, 0.25) is 5.91 Å². The second-order valence-corrected chi connectivity index (χ2v) is 7.27. The molecule has 1 atom stereocenters. The van der Waals surface area contributed by atoms with Crippen LogP contribution in [0.15, 0.2) is 30.3 Å². The maximum atomic E-state index is 12.2. The van der Waals surface area contributed by atoms with Gasteiger partial charge in [-0.2, -0.15) is 0 Å². The van der Waals surface area contributed by atoms with E-state index in [1.165, 1.54) is 0 Å². The van der Waals surface area contributed by atoms with E-state index >= 15 is 0 Å². The van der Waals surface area contributed by atoms with Crippen molar-refractivity contribution in [3.8, 4) is 5.69 Å². The number of benzene rings is 1. The Bertz CT molecular complexity index is 803. The number of nitrogens with zero attached hydrogens (tertiary/aromatic N) is 1. The van der Waals surface area contributed by atoms with Crippen LogP contribution in [-0.2, 0) is 15.6 Å². The smallest absolute Gasteiger partial charge is 0.227 e. The van der Waals surface area contributed by atoms with E-state index in [1.807, 2.05) is 48.7 Å². The van der Waals surface area contributed by atoms with Crippen molar-refractivity contribution in [2.75, 3.05) is 0 Å². The van der Waals surface area contributed by atoms with E-state index < -0.39 is 5.41 Å². The molecule has 0 saturated heterocycles. The van der Waals surface area contributed by atoms with Gasteiger partial charge in [-0.05, 0) is 48.9 Å². The molecule has 0 saturated carbocycles. The Morgan fingerprint density at radius 1 is 1.17 bits per heavy atom. The number of hydrogen-bond donors (Lipinski definition) is 1. The van der Waals surface area contributed by atoms with Crippen LogP contribution in [-0.4, -0.2) is 16.8 Å². The molecule has 0 aliphatic heterocycles. The number of amides is 1. The zero-order chi connectivity index (χ0) is 17.0. The maximum Gasteiger partial charge on any atom is 0.227 e. The zero-order valence-corrected chi connectivity index (χ0v) is 14.0. The van der Waals surface area contributed by atoms with Gasteiger partial charge in [0, 0.05) is 11.4 Å². The van der Waals surface area contributed by atoms with Gasteiger partial charge < -0.3 is 10.3 Å². The minimum absolute atomic E-state index is 0.278. The minimum Gasteiger partial charge on any atom is -0.369 e. The van der Waals surface area contributed by atoms with Crippen LogP contribution in [0.5, 0.6) is 0 Å². The van der Waals surface area contributed by atoms with Gasteiger partial charge in [-0.3, -0.25) is 9.59 Å². The van der Waals surface area contributed by atoms with Gasteiger partial charge in [-0.1, -0.05) is 32.0 Å². The molecule has 4 nitrogen and oxygen atoms in total. The van der Waals surface area contributed by atoms with Gasteiger partial charge in [0.05, 0.1) is 11.1 Å². The van der Waals surface area contributed by atoms with Crippen molar-refractivity contribution in [3.05, 3.63) is 52.8 Å². The fourth-order valence-corrected chi connectivity index (χ4v) is 4.37. The van der Waals surface area contributed by atoms with Crippen molar-refractivity contribution in [1.82, 2.24) is 4.57 Å². The molecule has 120 valence electrons. The second kappa shape index (κ2) is 4.82. The minimum atomic E-state index is -0.749. The molecule has 1 unspecified atom stereocenters. The molecular weight excluding hydrogens is 288 g/mol. The number of fused-ring (bicyclic) bond motifs is 1. The molecule has 1 heterocycles. The number of aldehydes is 1. The van der Waals surface area contributed by atoms with Gasteiger partial charge in [0.1, 0.15) is 0 Å². The molecule has 1 aromatic carbocycles. The number of para-hydroxylation sites is 1. The Balaban J connectivity index is 2.41. The molecule has 3 rings (SSSR count). The van der Waals surface area contributed by atoms with E-state index in [1.54, 1.807) is 0 Å². The number of hydrogen-bond acceptors (Lipinski definition) is 2. The Kier molecular flexibility index (Phi) is 3.25. The van der Waals surface area contributed by atoms with Crippen molar-refractivity contribution in [3.63, 3.8) is 0 Å². The number of carbonyl (C=O) groups is 2. The lowest BCUT2D eigenvalue weighted by Crippen LogP contribution is -2.38. The predicted octanol–water partition coefficient (Wildman–Crippen LogP) is 3.02. The monoisotopic (exact) mass is 310 g/mol. The first-order valence-corrected chi connectivity index (χ1v) is 7.81. The van der Waals surface area contributed by atoms with Gasteiger partial charge in [0.25, 0.3) is 0 Å². The second-order valence-electron chi connectivity index (χ2n) is 7.27. The fraction of sp³-hybridized carbons (Fsp3) is 0.368. The zero-order valence-electron chi connectivity index (χ0n) is 14.0. The summed E-state index contributed by atoms with van der Waals surface area (Å²) in [5.41, 5.74) is 9.05. The molecule has 1 aromatic heterocycles. The molecule has 1 amide bonds. The SMILES string of the molecule is Cc1c2c(c(C=O)n1-c1ccccc1)C(C)(C)CC2(C)C(N)=O. The van der Waals surface area contributed by atoms with Crippen LogP contribution in [0.25, 0.3) is 5.69 Å². The van der Waals surface area contributed by atoms with Crippen LogP contribution in [0.2, 0.25) is 0 Å². The van der Waals surface area contributed by atoms with Gasteiger partial charge >= 0.3 is 0 Å². The largest absolute Gasteiger partial charge is 0.369 e. The van der Waals surface area contributed by atoms with E-state index in [0.29, 0.717) is 12.1 Å². The lowest BCUT2D eigenvalue weighted by molar-refractivity contribution is -0.123. The van der Waals surface area contributed by atoms with Crippen LogP contribution in [0.1, 0.15) is 54.5 Å². The standard InChI is InChI=1S/C19H22N2O2/c1-12-15-16(18(2,3)11-19(15,4)17(20)23)14(10-22)21(12)13-8-6-5-7-9-13/h5-10H,11H2,1-4H3,(H2,20,23). The van der Waals surface area contributed by atoms with Gasteiger partial charge in [-0.15, -0.1) is 0 Å². The molecule has 0 spiro atoms. The quantitative estimate of drug-likeness (QED) is 0.886. The molecule has 1 aliphatic rings. The summed E-state index contributed by atoms with van der Waals surface area (Å²) in [7, 11) is 0. The summed E-state index contributed by atoms with van der Waals surface area (Å²) < 4.78 is 1.94. The number of aromatic nitrogens is 1. The molecule has 2 N–H and O–H groups in total. The van der Waals surface area contributed by atoms with Gasteiger partial charge in [0.15, 0.2) is 6.29 Å². The number of rotatable bonds is 3. The summed E-state index contributed by atoms with van der Waals surface area (Å²) in [5, 5.41) is 0. The molecule has 2 aromatic rings. The van der Waals surface area contributed by atoms with Crippen molar-refractivity contribution >= 4 is 12.2 Å². The highest BCUT2D eigenvalue weighted by molar-refractivity contribution is 5.92. The Hall–Kier alpha value is -2.36. The van der Waals surface area contributed by atoms with Gasteiger partial charge in [-0.25, -0.2) is 0 Å². The first-order chi connectivity index (χ1) is 10.7. The first-order valence-electron chi connectivity index (χ1n) is 7.81. The van der Waals surface area contributed by atoms with E-state index in [9.17, 15) is 9.59 Å². The third-order valence-electron chi connectivity index (χ3n) is 5.14. The third-order valence-corrected chi connectivity index (χ3v) is 5.14. The summed E-state index contributed by atoms with van der Waals surface area (Å²) in [6.07, 6.45) is 1.52. The van der Waals surface area contributed by atoms with E-state index in [4.69, 9.17) is 5.73 Å². The average Bonchev–Trinajstić information content (AvgIpc) is 2.92. The Morgan fingerprint density at radius 2 is 1.78 bits per heavy atom. The first kappa shape index (κ1) is 15.5. The molecule has 0 bridgehead atoms. The van der Waals surface area contributed by atoms with Crippen LogP contribution >= 0.6 is 0 Å². The van der Waals surface area contributed by atoms with Crippen molar-refractivity contribution < 1.29 is 9.59 Å². The summed E-state index contributed by atoms with van der Waals surface area (Å²) in [4.78, 5) is 24.1. The summed E-state index contributed by atoms with van der Waals surface area (Å²) in [6.45, 7) is 7.99. The highest BCUT2D eigenvalue weighted by Crippen LogP contribution is 2.53. The Labute approximate surface area is 136 Å². The Morgan fingerprint density at radius 3 is 2.30 bits per heavy atom. The van der Waals surface area contributed by atoms with E-state index in [-0.39, 0.29) is 11.3 Å². The number of nitrogens with two attached hydrogens (primary N) is 1. The fourth-order valence-electron chi connectivity index (χ4n) is 4.37. The summed E-state index contributed by atoms with van der Waals surface area (Å²) in [6, 6.07) is 9.74. The highest BCUT2D eigenvalue weighted by Gasteiger charge is 2.52.